The third-order valence-corrected chi connectivity index (χ3v) is 5.33. The molecule has 0 radical (unpaired) electrons. The monoisotopic (exact) mass is 381 g/mol. The molecule has 1 aromatic carbocycles. The van der Waals surface area contributed by atoms with E-state index in [-0.39, 0.29) is 29.8 Å². The minimum atomic E-state index is -9.94. The quantitative estimate of drug-likeness (QED) is 0.350. The van der Waals surface area contributed by atoms with Gasteiger partial charge in [-0.15, -0.1) is 0 Å². The molecule has 0 aromatic heterocycles. The Morgan fingerprint density at radius 1 is 1.17 bits per heavy atom. The first-order chi connectivity index (χ1) is 9.95. The number of nitrogens with zero attached hydrogens (tertiary/aromatic N) is 1. The fourth-order valence-electron chi connectivity index (χ4n) is 1.51. The van der Waals surface area contributed by atoms with Crippen molar-refractivity contribution >= 4 is 27.3 Å². The summed E-state index contributed by atoms with van der Waals surface area (Å²) in [7, 11) is -9.94. The van der Waals surface area contributed by atoms with E-state index in [2.05, 4.69) is 4.40 Å². The Kier molecular flexibility index (Phi) is 4.66. The van der Waals surface area contributed by atoms with Crippen molar-refractivity contribution in [2.75, 3.05) is 0 Å². The molecule has 0 N–H and O–H groups in total. The fourth-order valence-corrected chi connectivity index (χ4v) is 2.86. The van der Waals surface area contributed by atoms with Gasteiger partial charge < -0.3 is 4.55 Å². The van der Waals surface area contributed by atoms with Gasteiger partial charge in [0.1, 0.15) is 32.5 Å². The van der Waals surface area contributed by atoms with E-state index in [1.807, 2.05) is 0 Å². The van der Waals surface area contributed by atoms with Crippen molar-refractivity contribution in [1.82, 2.24) is 0 Å². The van der Waals surface area contributed by atoms with Gasteiger partial charge in [-0.05, 0) is 45.4 Å². The van der Waals surface area contributed by atoms with Gasteiger partial charge in [0.2, 0.25) is 0 Å². The zero-order chi connectivity index (χ0) is 18.3. The summed E-state index contributed by atoms with van der Waals surface area (Å²) in [5.41, 5.74) is -0.430. The molecule has 0 amide bonds. The lowest BCUT2D eigenvalue weighted by atomic mass is 10.1. The first kappa shape index (κ1) is 20.2. The van der Waals surface area contributed by atoms with E-state index in [1.54, 1.807) is 20.8 Å². The second kappa shape index (κ2) is 5.32. The summed E-state index contributed by atoms with van der Waals surface area (Å²) in [5.74, 6) is -1.48. The van der Waals surface area contributed by atoms with Gasteiger partial charge in [-0.1, -0.05) is 30.8 Å². The summed E-state index contributed by atoms with van der Waals surface area (Å²) >= 11 is -1.76. The Morgan fingerprint density at radius 3 is 2.04 bits per heavy atom. The summed E-state index contributed by atoms with van der Waals surface area (Å²) in [4.78, 5) is -2.31. The fraction of sp³-hybridized carbons (Fsp3) is 0.462. The van der Waals surface area contributed by atoms with Crippen LogP contribution >= 0.6 is 10.2 Å². The van der Waals surface area contributed by atoms with Crippen LogP contribution in [0.4, 0.5) is 23.8 Å². The highest BCUT2D eigenvalue weighted by atomic mass is 32.5. The van der Waals surface area contributed by atoms with Gasteiger partial charge >= 0.3 is 10.2 Å². The largest absolute Gasteiger partial charge is 0.591 e. The van der Waals surface area contributed by atoms with Crippen molar-refractivity contribution < 1.29 is 28.4 Å². The van der Waals surface area contributed by atoms with Crippen molar-refractivity contribution in [3.63, 3.8) is 0 Å². The Hall–Kier alpha value is -0.870. The third kappa shape index (κ3) is 5.32. The Morgan fingerprint density at radius 2 is 1.70 bits per heavy atom. The van der Waals surface area contributed by atoms with Crippen LogP contribution in [0, 0.1) is 5.82 Å². The van der Waals surface area contributed by atoms with Crippen molar-refractivity contribution in [1.29, 1.82) is 0 Å². The molecule has 1 atom stereocenters. The summed E-state index contributed by atoms with van der Waals surface area (Å²) in [5, 5.41) is 0. The van der Waals surface area contributed by atoms with E-state index in [1.165, 1.54) is 6.92 Å². The van der Waals surface area contributed by atoms with E-state index in [9.17, 15) is 28.4 Å². The number of hydrogen-bond donors (Lipinski definition) is 0. The average molecular weight is 381 g/mol. The maximum Gasteiger partial charge on any atom is 0.310 e. The highest BCUT2D eigenvalue weighted by Crippen LogP contribution is 3.02. The molecule has 23 heavy (non-hydrogen) atoms. The summed E-state index contributed by atoms with van der Waals surface area (Å²) < 4.78 is 92.2. The second-order valence-corrected chi connectivity index (χ2v) is 10.2. The van der Waals surface area contributed by atoms with Crippen LogP contribution in [0.5, 0.6) is 0 Å². The van der Waals surface area contributed by atoms with Crippen LogP contribution in [0.1, 0.15) is 39.7 Å². The molecule has 0 saturated carbocycles. The summed E-state index contributed by atoms with van der Waals surface area (Å²) in [6.45, 7) is 6.39. The van der Waals surface area contributed by atoms with Crippen molar-refractivity contribution in [2.45, 2.75) is 43.8 Å². The molecule has 1 rings (SSSR count). The first-order valence-corrected chi connectivity index (χ1v) is 9.55. The molecule has 10 heteroatoms. The predicted octanol–water partition coefficient (Wildman–Crippen LogP) is 6.14. The highest BCUT2D eigenvalue weighted by molar-refractivity contribution is 8.45. The topological polar surface area (TPSA) is 35.4 Å². The molecule has 0 aliphatic heterocycles. The molecular formula is C13H17F6NOS2. The molecule has 1 aromatic rings. The van der Waals surface area contributed by atoms with E-state index in [4.69, 9.17) is 0 Å². The molecule has 0 fully saturated rings. The van der Waals surface area contributed by atoms with Gasteiger partial charge in [-0.3, -0.25) is 0 Å². The first-order valence-electron chi connectivity index (χ1n) is 6.49. The second-order valence-electron chi connectivity index (χ2n) is 5.86. The van der Waals surface area contributed by atoms with Crippen LogP contribution in [0.2, 0.25) is 0 Å². The average Bonchev–Trinajstić information content (AvgIpc) is 2.32. The maximum absolute atomic E-state index is 13.9. The molecule has 0 aliphatic carbocycles. The van der Waals surface area contributed by atoms with E-state index < -0.39 is 37.0 Å². The molecule has 0 saturated heterocycles. The lowest BCUT2D eigenvalue weighted by Gasteiger charge is -2.40. The van der Waals surface area contributed by atoms with Crippen LogP contribution in [-0.4, -0.2) is 15.0 Å². The van der Waals surface area contributed by atoms with Crippen molar-refractivity contribution in [3.8, 4) is 0 Å². The molecular weight excluding hydrogens is 364 g/mol. The maximum atomic E-state index is 13.9. The molecule has 1 unspecified atom stereocenters. The smallest absolute Gasteiger partial charge is 0.310 e. The highest BCUT2D eigenvalue weighted by Gasteiger charge is 2.65. The van der Waals surface area contributed by atoms with E-state index in [0.29, 0.717) is 6.07 Å². The van der Waals surface area contributed by atoms with Gasteiger partial charge in [0.15, 0.2) is 0 Å². The van der Waals surface area contributed by atoms with Gasteiger partial charge in [-0.2, -0.15) is 0 Å². The molecule has 0 heterocycles. The lowest BCUT2D eigenvalue weighted by Crippen LogP contribution is -2.27. The van der Waals surface area contributed by atoms with Gasteiger partial charge in [0.05, 0.1) is 0 Å². The minimum Gasteiger partial charge on any atom is -0.591 e. The summed E-state index contributed by atoms with van der Waals surface area (Å²) in [6.07, 6.45) is 0.0779. The van der Waals surface area contributed by atoms with E-state index >= 15 is 0 Å². The van der Waals surface area contributed by atoms with Crippen molar-refractivity contribution in [2.24, 2.45) is 4.40 Å². The van der Waals surface area contributed by atoms with Gasteiger partial charge in [0, 0.05) is 5.56 Å². The predicted molar refractivity (Wildman–Crippen MR) is 82.5 cm³/mol. The minimum absolute atomic E-state index is 0.0514. The van der Waals surface area contributed by atoms with Crippen LogP contribution in [0.15, 0.2) is 27.5 Å². The van der Waals surface area contributed by atoms with E-state index in [0.717, 1.165) is 0 Å². The van der Waals surface area contributed by atoms with Gasteiger partial charge in [0.25, 0.3) is 0 Å². The molecule has 0 bridgehead atoms. The standard InChI is InChI=1S/C13H17F6NOS2/c1-5-12(20-22(21)13(2,3)4)10-7-6-9(8-11(10)14)23(15,16,17,18)19/h6-8H,5H2,1-4H3. The Balaban J connectivity index is 3.38. The Bertz CT molecular complexity index is 636. The number of halogens is 6. The van der Waals surface area contributed by atoms with Crippen LogP contribution < -0.4 is 0 Å². The van der Waals surface area contributed by atoms with Crippen LogP contribution in [0.3, 0.4) is 0 Å². The van der Waals surface area contributed by atoms with Gasteiger partial charge in [-0.25, -0.2) is 4.39 Å². The zero-order valence-electron chi connectivity index (χ0n) is 12.9. The molecule has 0 spiro atoms. The number of rotatable bonds is 4. The number of hydrogen-bond acceptors (Lipinski definition) is 2. The number of benzene rings is 1. The third-order valence-electron chi connectivity index (χ3n) is 2.75. The molecule has 0 aliphatic rings. The summed E-state index contributed by atoms with van der Waals surface area (Å²) in [6, 6.07) is 0.456. The zero-order valence-corrected chi connectivity index (χ0v) is 14.5. The van der Waals surface area contributed by atoms with Crippen LogP contribution in [0.25, 0.3) is 0 Å². The Labute approximate surface area is 134 Å². The molecule has 2 nitrogen and oxygen atoms in total. The normalized spacial score (nSPS) is 18.3. The molecule has 134 valence electrons. The lowest BCUT2D eigenvalue weighted by molar-refractivity contribution is 0.363. The SMILES string of the molecule is CCC(=N[S+]([O-])C(C)(C)C)c1ccc(S(F)(F)(F)(F)F)cc1F. The van der Waals surface area contributed by atoms with Crippen LogP contribution in [-0.2, 0) is 11.4 Å². The van der Waals surface area contributed by atoms with Crippen molar-refractivity contribution in [3.05, 3.63) is 29.6 Å².